The molecule has 0 unspecified atom stereocenters. The van der Waals surface area contributed by atoms with Crippen molar-refractivity contribution in [3.63, 3.8) is 0 Å². The van der Waals surface area contributed by atoms with Crippen molar-refractivity contribution in [1.29, 1.82) is 0 Å². The number of pyridine rings is 1. The molecule has 0 spiro atoms. The third kappa shape index (κ3) is 5.39. The van der Waals surface area contributed by atoms with Crippen LogP contribution in [0.1, 0.15) is 44.9 Å². The maximum atomic E-state index is 12.9. The molecule has 8 nitrogen and oxygen atoms in total. The SMILES string of the molecule is COc1ccccc1CNC(=O)c1cn(C)nc1CC1CCN(C(=O)c2ccccn2)CC1. The van der Waals surface area contributed by atoms with E-state index in [0.29, 0.717) is 43.2 Å². The van der Waals surface area contributed by atoms with Gasteiger partial charge in [0.2, 0.25) is 0 Å². The molecule has 1 N–H and O–H groups in total. The Hall–Kier alpha value is -3.68. The second-order valence-electron chi connectivity index (χ2n) is 8.31. The summed E-state index contributed by atoms with van der Waals surface area (Å²) < 4.78 is 7.05. The molecule has 8 heteroatoms. The van der Waals surface area contributed by atoms with Crippen molar-refractivity contribution in [2.75, 3.05) is 20.2 Å². The van der Waals surface area contributed by atoms with Gasteiger partial charge in [-0.25, -0.2) is 0 Å². The van der Waals surface area contributed by atoms with E-state index in [9.17, 15) is 9.59 Å². The third-order valence-corrected chi connectivity index (χ3v) is 6.05. The predicted octanol–water partition coefficient (Wildman–Crippen LogP) is 2.85. The molecule has 3 aromatic rings. The van der Waals surface area contributed by atoms with Crippen LogP contribution in [0.15, 0.2) is 54.9 Å². The van der Waals surface area contributed by atoms with Crippen LogP contribution in [-0.4, -0.2) is 51.7 Å². The Bertz CT molecular complexity index is 1100. The number of nitrogens with one attached hydrogen (secondary N) is 1. The fraction of sp³-hybridized carbons (Fsp3) is 0.360. The summed E-state index contributed by atoms with van der Waals surface area (Å²) in [7, 11) is 3.45. The van der Waals surface area contributed by atoms with Gasteiger partial charge >= 0.3 is 0 Å². The van der Waals surface area contributed by atoms with E-state index < -0.39 is 0 Å². The summed E-state index contributed by atoms with van der Waals surface area (Å²) >= 11 is 0. The lowest BCUT2D eigenvalue weighted by Crippen LogP contribution is -2.39. The molecule has 1 saturated heterocycles. The Morgan fingerprint density at radius 2 is 1.88 bits per heavy atom. The molecule has 0 atom stereocenters. The van der Waals surface area contributed by atoms with Gasteiger partial charge in [0.1, 0.15) is 11.4 Å². The molecule has 2 amide bonds. The number of likely N-dealkylation sites (tertiary alicyclic amines) is 1. The van der Waals surface area contributed by atoms with Crippen LogP contribution in [0.5, 0.6) is 5.75 Å². The smallest absolute Gasteiger partial charge is 0.272 e. The van der Waals surface area contributed by atoms with Crippen molar-refractivity contribution in [3.8, 4) is 5.75 Å². The van der Waals surface area contributed by atoms with E-state index >= 15 is 0 Å². The molecule has 2 aromatic heterocycles. The minimum absolute atomic E-state index is 0.0247. The third-order valence-electron chi connectivity index (χ3n) is 6.05. The molecule has 1 aliphatic heterocycles. The summed E-state index contributed by atoms with van der Waals surface area (Å²) in [6, 6.07) is 13.0. The van der Waals surface area contributed by atoms with Crippen LogP contribution in [-0.2, 0) is 20.0 Å². The number of para-hydroxylation sites is 1. The molecule has 33 heavy (non-hydrogen) atoms. The largest absolute Gasteiger partial charge is 0.496 e. The zero-order valence-corrected chi connectivity index (χ0v) is 19.0. The van der Waals surface area contributed by atoms with Crippen LogP contribution in [0.25, 0.3) is 0 Å². The first-order valence-electron chi connectivity index (χ1n) is 11.2. The number of aromatic nitrogens is 3. The predicted molar refractivity (Wildman–Crippen MR) is 124 cm³/mol. The van der Waals surface area contributed by atoms with E-state index in [1.807, 2.05) is 42.3 Å². The monoisotopic (exact) mass is 447 g/mol. The number of hydrogen-bond donors (Lipinski definition) is 1. The average Bonchev–Trinajstić information content (AvgIpc) is 3.23. The lowest BCUT2D eigenvalue weighted by Gasteiger charge is -2.31. The molecule has 172 valence electrons. The normalized spacial score (nSPS) is 14.2. The lowest BCUT2D eigenvalue weighted by atomic mass is 9.91. The van der Waals surface area contributed by atoms with Gasteiger partial charge in [-0.2, -0.15) is 5.10 Å². The van der Waals surface area contributed by atoms with Gasteiger partial charge in [0.05, 0.1) is 18.4 Å². The van der Waals surface area contributed by atoms with Gasteiger partial charge in [-0.15, -0.1) is 0 Å². The van der Waals surface area contributed by atoms with Crippen molar-refractivity contribution in [2.45, 2.75) is 25.8 Å². The van der Waals surface area contributed by atoms with Gasteiger partial charge < -0.3 is 15.0 Å². The maximum Gasteiger partial charge on any atom is 0.272 e. The van der Waals surface area contributed by atoms with Crippen LogP contribution >= 0.6 is 0 Å². The van der Waals surface area contributed by atoms with Crippen molar-refractivity contribution in [3.05, 3.63) is 77.4 Å². The number of hydrogen-bond acceptors (Lipinski definition) is 5. The van der Waals surface area contributed by atoms with E-state index in [0.717, 1.165) is 29.8 Å². The summed E-state index contributed by atoms with van der Waals surface area (Å²) in [6.07, 6.45) is 5.87. The summed E-state index contributed by atoms with van der Waals surface area (Å²) in [6.45, 7) is 1.75. The Balaban J connectivity index is 1.35. The van der Waals surface area contributed by atoms with Gasteiger partial charge in [0.25, 0.3) is 11.8 Å². The number of ether oxygens (including phenoxy) is 1. The quantitative estimate of drug-likeness (QED) is 0.602. The number of methoxy groups -OCH3 is 1. The second kappa shape index (κ2) is 10.3. The van der Waals surface area contributed by atoms with E-state index in [4.69, 9.17) is 4.74 Å². The Morgan fingerprint density at radius 3 is 2.61 bits per heavy atom. The molecule has 0 saturated carbocycles. The van der Waals surface area contributed by atoms with Crippen LogP contribution in [0.2, 0.25) is 0 Å². The highest BCUT2D eigenvalue weighted by atomic mass is 16.5. The standard InChI is InChI=1S/C25H29N5O3/c1-29-17-20(24(31)27-16-19-7-3-4-9-23(19)33-2)22(28-29)15-18-10-13-30(14-11-18)25(32)21-8-5-6-12-26-21/h3-9,12,17-18H,10-11,13-16H2,1-2H3,(H,27,31). The van der Waals surface area contributed by atoms with Crippen molar-refractivity contribution >= 4 is 11.8 Å². The topological polar surface area (TPSA) is 89.4 Å². The number of carbonyl (C=O) groups excluding carboxylic acids is 2. The molecule has 4 rings (SSSR count). The molecule has 0 bridgehead atoms. The van der Waals surface area contributed by atoms with E-state index in [1.165, 1.54) is 0 Å². The minimum Gasteiger partial charge on any atom is -0.496 e. The number of amides is 2. The Labute approximate surface area is 193 Å². The van der Waals surface area contributed by atoms with Crippen molar-refractivity contribution in [1.82, 2.24) is 25.0 Å². The highest BCUT2D eigenvalue weighted by Gasteiger charge is 2.26. The lowest BCUT2D eigenvalue weighted by molar-refractivity contribution is 0.0684. The number of rotatable bonds is 7. The van der Waals surface area contributed by atoms with Crippen LogP contribution in [0.3, 0.4) is 0 Å². The second-order valence-corrected chi connectivity index (χ2v) is 8.31. The van der Waals surface area contributed by atoms with Gasteiger partial charge in [0, 0.05) is 44.6 Å². The first-order chi connectivity index (χ1) is 16.0. The molecule has 1 aromatic carbocycles. The van der Waals surface area contributed by atoms with Gasteiger partial charge in [0.15, 0.2) is 0 Å². The molecular weight excluding hydrogens is 418 g/mol. The molecule has 1 aliphatic rings. The van der Waals surface area contributed by atoms with Gasteiger partial charge in [-0.05, 0) is 43.4 Å². The summed E-state index contributed by atoms with van der Waals surface area (Å²) in [4.78, 5) is 31.6. The van der Waals surface area contributed by atoms with E-state index in [1.54, 1.807) is 36.3 Å². The van der Waals surface area contributed by atoms with Gasteiger partial charge in [-0.1, -0.05) is 24.3 Å². The molecule has 3 heterocycles. The molecule has 0 aliphatic carbocycles. The highest BCUT2D eigenvalue weighted by molar-refractivity contribution is 5.95. The van der Waals surface area contributed by atoms with E-state index in [-0.39, 0.29) is 11.8 Å². The average molecular weight is 448 g/mol. The number of carbonyl (C=O) groups is 2. The zero-order valence-electron chi connectivity index (χ0n) is 19.0. The zero-order chi connectivity index (χ0) is 23.2. The van der Waals surface area contributed by atoms with Crippen LogP contribution in [0, 0.1) is 5.92 Å². The molecular formula is C25H29N5O3. The first-order valence-corrected chi connectivity index (χ1v) is 11.2. The number of aryl methyl sites for hydroxylation is 1. The summed E-state index contributed by atoms with van der Waals surface area (Å²) in [5.41, 5.74) is 2.79. The number of nitrogens with zero attached hydrogens (tertiary/aromatic N) is 4. The van der Waals surface area contributed by atoms with Crippen molar-refractivity contribution < 1.29 is 14.3 Å². The highest BCUT2D eigenvalue weighted by Crippen LogP contribution is 2.24. The molecule has 0 radical (unpaired) electrons. The van der Waals surface area contributed by atoms with Crippen LogP contribution in [0.4, 0.5) is 0 Å². The molecule has 1 fully saturated rings. The first kappa shape index (κ1) is 22.5. The van der Waals surface area contributed by atoms with Gasteiger partial charge in [-0.3, -0.25) is 19.3 Å². The van der Waals surface area contributed by atoms with Crippen molar-refractivity contribution in [2.24, 2.45) is 13.0 Å². The fourth-order valence-corrected chi connectivity index (χ4v) is 4.26. The minimum atomic E-state index is -0.147. The maximum absolute atomic E-state index is 12.9. The van der Waals surface area contributed by atoms with Crippen LogP contribution < -0.4 is 10.1 Å². The number of benzene rings is 1. The fourth-order valence-electron chi connectivity index (χ4n) is 4.26. The number of piperidine rings is 1. The summed E-state index contributed by atoms with van der Waals surface area (Å²) in [5, 5.41) is 7.55. The Kier molecular flexibility index (Phi) is 7.02. The van der Waals surface area contributed by atoms with E-state index in [2.05, 4.69) is 15.4 Å². The summed E-state index contributed by atoms with van der Waals surface area (Å²) in [5.74, 6) is 0.944. The Morgan fingerprint density at radius 1 is 1.12 bits per heavy atom.